The standard InChI is InChI=1S/C35H38N2O4/c1-27-21-28(2)34-31(22-27)23-32(19-13-5-3-4-6-14-20-40-35(34)39)36-41-26-33(38)37(24-29-15-9-7-10-16-29)25-30-17-11-8-12-18-30/h4,6-13,15-19,21-22H,3,5,14,20,23-26H2,1-2H3/b6-4+,19-13+,36-32+. The fourth-order valence-electron chi connectivity index (χ4n) is 4.84. The van der Waals surface area contributed by atoms with Gasteiger partial charge in [0.05, 0.1) is 17.9 Å². The molecule has 0 radical (unpaired) electrons. The van der Waals surface area contributed by atoms with Gasteiger partial charge in [0, 0.05) is 19.5 Å². The van der Waals surface area contributed by atoms with E-state index in [0.717, 1.165) is 40.7 Å². The molecule has 212 valence electrons. The molecule has 3 aromatic carbocycles. The van der Waals surface area contributed by atoms with Crippen molar-refractivity contribution in [3.8, 4) is 0 Å². The summed E-state index contributed by atoms with van der Waals surface area (Å²) in [6.45, 7) is 5.01. The summed E-state index contributed by atoms with van der Waals surface area (Å²) in [6, 6.07) is 23.8. The molecule has 6 heteroatoms. The van der Waals surface area contributed by atoms with Crippen LogP contribution >= 0.6 is 0 Å². The highest BCUT2D eigenvalue weighted by Gasteiger charge is 2.19. The fourth-order valence-corrected chi connectivity index (χ4v) is 4.84. The summed E-state index contributed by atoms with van der Waals surface area (Å²) in [4.78, 5) is 33.8. The number of oxime groups is 1. The van der Waals surface area contributed by atoms with Gasteiger partial charge in [0.1, 0.15) is 0 Å². The van der Waals surface area contributed by atoms with Crippen LogP contribution in [0.25, 0.3) is 0 Å². The van der Waals surface area contributed by atoms with Crippen LogP contribution in [0.5, 0.6) is 0 Å². The lowest BCUT2D eigenvalue weighted by molar-refractivity contribution is -0.137. The smallest absolute Gasteiger partial charge is 0.338 e. The second-order valence-electron chi connectivity index (χ2n) is 10.2. The Hall–Kier alpha value is -4.45. The monoisotopic (exact) mass is 550 g/mol. The maximum atomic E-state index is 13.3. The average Bonchev–Trinajstić information content (AvgIpc) is 2.96. The number of carbonyl (C=O) groups is 2. The number of rotatable bonds is 7. The lowest BCUT2D eigenvalue weighted by Gasteiger charge is -2.22. The zero-order valence-electron chi connectivity index (χ0n) is 23.9. The number of allylic oxidation sites excluding steroid dienone is 3. The van der Waals surface area contributed by atoms with E-state index in [1.54, 1.807) is 4.90 Å². The molecule has 0 atom stereocenters. The van der Waals surface area contributed by atoms with Gasteiger partial charge in [0.2, 0.25) is 0 Å². The van der Waals surface area contributed by atoms with Crippen molar-refractivity contribution >= 4 is 17.6 Å². The van der Waals surface area contributed by atoms with Crippen LogP contribution < -0.4 is 0 Å². The van der Waals surface area contributed by atoms with Crippen molar-refractivity contribution in [3.63, 3.8) is 0 Å². The highest BCUT2D eigenvalue weighted by Crippen LogP contribution is 2.21. The minimum atomic E-state index is -0.333. The third kappa shape index (κ3) is 9.31. The van der Waals surface area contributed by atoms with Crippen molar-refractivity contribution in [2.45, 2.75) is 52.6 Å². The Morgan fingerprint density at radius 1 is 0.878 bits per heavy atom. The maximum Gasteiger partial charge on any atom is 0.338 e. The Kier molecular flexibility index (Phi) is 11.1. The van der Waals surface area contributed by atoms with Crippen molar-refractivity contribution in [3.05, 3.63) is 130 Å². The van der Waals surface area contributed by atoms with Gasteiger partial charge < -0.3 is 14.5 Å². The Bertz CT molecular complexity index is 1350. The first-order valence-electron chi connectivity index (χ1n) is 14.1. The second kappa shape index (κ2) is 15.4. The number of carbonyl (C=O) groups excluding carboxylic acids is 2. The number of ether oxygens (including phenoxy) is 1. The van der Waals surface area contributed by atoms with Gasteiger partial charge in [-0.1, -0.05) is 102 Å². The van der Waals surface area contributed by atoms with Crippen molar-refractivity contribution in [2.75, 3.05) is 13.2 Å². The summed E-state index contributed by atoms with van der Waals surface area (Å²) in [5, 5.41) is 4.39. The molecule has 6 nitrogen and oxygen atoms in total. The number of cyclic esters (lactones) is 1. The fraction of sp³-hybridized carbons (Fsp3) is 0.286. The summed E-state index contributed by atoms with van der Waals surface area (Å²) < 4.78 is 5.58. The minimum absolute atomic E-state index is 0.160. The van der Waals surface area contributed by atoms with Gasteiger partial charge >= 0.3 is 5.97 Å². The molecule has 0 saturated heterocycles. The molecule has 0 aromatic heterocycles. The quantitative estimate of drug-likeness (QED) is 0.182. The Balaban J connectivity index is 1.54. The van der Waals surface area contributed by atoms with E-state index in [2.05, 4.69) is 17.3 Å². The van der Waals surface area contributed by atoms with E-state index in [-0.39, 0.29) is 18.5 Å². The van der Waals surface area contributed by atoms with E-state index < -0.39 is 0 Å². The Labute approximate surface area is 243 Å². The van der Waals surface area contributed by atoms with Crippen molar-refractivity contribution in [1.29, 1.82) is 0 Å². The van der Waals surface area contributed by atoms with Crippen LogP contribution in [0, 0.1) is 13.8 Å². The van der Waals surface area contributed by atoms with Gasteiger partial charge in [-0.15, -0.1) is 0 Å². The van der Waals surface area contributed by atoms with Gasteiger partial charge in [0.15, 0.2) is 6.61 Å². The summed E-state index contributed by atoms with van der Waals surface area (Å²) in [6.07, 6.45) is 10.9. The van der Waals surface area contributed by atoms with Crippen LogP contribution in [0.4, 0.5) is 0 Å². The van der Waals surface area contributed by atoms with Crippen molar-refractivity contribution < 1.29 is 19.2 Å². The number of amides is 1. The number of hydrogen-bond acceptors (Lipinski definition) is 5. The zero-order chi connectivity index (χ0) is 28.9. The first-order valence-corrected chi connectivity index (χ1v) is 14.1. The third-order valence-electron chi connectivity index (χ3n) is 6.79. The molecule has 1 amide bonds. The van der Waals surface area contributed by atoms with E-state index in [9.17, 15) is 9.59 Å². The van der Waals surface area contributed by atoms with Crippen LogP contribution in [0.15, 0.2) is 102 Å². The Morgan fingerprint density at radius 3 is 2.20 bits per heavy atom. The van der Waals surface area contributed by atoms with Gasteiger partial charge in [-0.25, -0.2) is 4.79 Å². The SMILES string of the molecule is Cc1cc(C)c2c(c1)CC(=N/OCC(=O)N(Cc1ccccc1)Cc1ccccc1)/C=C/CC/C=C/CCOC2=O. The largest absolute Gasteiger partial charge is 0.462 e. The predicted molar refractivity (Wildman–Crippen MR) is 163 cm³/mol. The van der Waals surface area contributed by atoms with E-state index >= 15 is 0 Å². The highest BCUT2D eigenvalue weighted by molar-refractivity contribution is 6.00. The van der Waals surface area contributed by atoms with Crippen LogP contribution in [-0.4, -0.2) is 35.7 Å². The maximum absolute atomic E-state index is 13.3. The average molecular weight is 551 g/mol. The molecule has 0 unspecified atom stereocenters. The second-order valence-corrected chi connectivity index (χ2v) is 10.2. The summed E-state index contributed by atoms with van der Waals surface area (Å²) >= 11 is 0. The molecule has 0 N–H and O–H groups in total. The molecule has 0 aliphatic carbocycles. The van der Waals surface area contributed by atoms with Gasteiger partial charge in [0.25, 0.3) is 5.91 Å². The topological polar surface area (TPSA) is 68.2 Å². The van der Waals surface area contributed by atoms with Crippen LogP contribution in [0.1, 0.15) is 57.4 Å². The molecule has 0 fully saturated rings. The summed E-state index contributed by atoms with van der Waals surface area (Å²) in [7, 11) is 0. The zero-order valence-corrected chi connectivity index (χ0v) is 23.9. The molecule has 4 rings (SSSR count). The molecule has 3 aromatic rings. The molecular formula is C35H38N2O4. The van der Waals surface area contributed by atoms with Crippen molar-refractivity contribution in [1.82, 2.24) is 4.90 Å². The molecule has 1 aliphatic rings. The molecule has 0 saturated carbocycles. The van der Waals surface area contributed by atoms with Gasteiger partial charge in [-0.05, 0) is 61.4 Å². The highest BCUT2D eigenvalue weighted by atomic mass is 16.6. The van der Waals surface area contributed by atoms with E-state index in [1.807, 2.05) is 98.8 Å². The number of fused-ring (bicyclic) bond motifs is 1. The molecule has 41 heavy (non-hydrogen) atoms. The molecule has 0 bridgehead atoms. The number of esters is 1. The number of aryl methyl sites for hydroxylation is 2. The first-order chi connectivity index (χ1) is 20.0. The summed E-state index contributed by atoms with van der Waals surface area (Å²) in [5.41, 5.74) is 6.02. The third-order valence-corrected chi connectivity index (χ3v) is 6.79. The summed E-state index contributed by atoms with van der Waals surface area (Å²) in [5.74, 6) is -0.493. The molecule has 1 aliphatic heterocycles. The van der Waals surface area contributed by atoms with Crippen LogP contribution in [0.2, 0.25) is 0 Å². The van der Waals surface area contributed by atoms with Crippen molar-refractivity contribution in [2.24, 2.45) is 5.16 Å². The van der Waals surface area contributed by atoms with Gasteiger partial charge in [-0.2, -0.15) is 0 Å². The normalized spacial score (nSPS) is 16.6. The lowest BCUT2D eigenvalue weighted by Crippen LogP contribution is -2.32. The first kappa shape index (κ1) is 29.5. The molecule has 0 spiro atoms. The van der Waals surface area contributed by atoms with E-state index in [4.69, 9.17) is 9.57 Å². The Morgan fingerprint density at radius 2 is 1.51 bits per heavy atom. The number of nitrogens with zero attached hydrogens (tertiary/aromatic N) is 2. The van der Waals surface area contributed by atoms with E-state index in [1.165, 1.54) is 0 Å². The molecular weight excluding hydrogens is 512 g/mol. The minimum Gasteiger partial charge on any atom is -0.462 e. The van der Waals surface area contributed by atoms with Crippen LogP contribution in [0.3, 0.4) is 0 Å². The van der Waals surface area contributed by atoms with E-state index in [0.29, 0.717) is 43.8 Å². The predicted octanol–water partition coefficient (Wildman–Crippen LogP) is 6.90. The van der Waals surface area contributed by atoms with Gasteiger partial charge in [-0.3, -0.25) is 4.79 Å². The number of benzene rings is 3. The lowest BCUT2D eigenvalue weighted by atomic mass is 9.95. The molecule has 1 heterocycles. The van der Waals surface area contributed by atoms with Crippen LogP contribution in [-0.2, 0) is 33.9 Å². The number of hydrogen-bond donors (Lipinski definition) is 0.